The molecule has 1 aromatic carbocycles. The van der Waals surface area contributed by atoms with Gasteiger partial charge in [0.2, 0.25) is 0 Å². The van der Waals surface area contributed by atoms with Crippen molar-refractivity contribution < 1.29 is 0 Å². The van der Waals surface area contributed by atoms with Crippen LogP contribution in [-0.2, 0) is 0 Å². The monoisotopic (exact) mass is 266 g/mol. The van der Waals surface area contributed by atoms with Crippen molar-refractivity contribution in [2.45, 2.75) is 6.42 Å². The van der Waals surface area contributed by atoms with E-state index in [0.717, 1.165) is 22.9 Å². The van der Waals surface area contributed by atoms with Crippen molar-refractivity contribution in [3.05, 3.63) is 41.2 Å². The Morgan fingerprint density at radius 1 is 1.07 bits per heavy atom. The molecule has 0 atom stereocenters. The van der Waals surface area contributed by atoms with E-state index < -0.39 is 5.31 Å². The topological polar surface area (TPSA) is 0 Å². The van der Waals surface area contributed by atoms with E-state index in [2.05, 4.69) is 0 Å². The third-order valence-corrected chi connectivity index (χ3v) is 8.87. The molecule has 0 unspecified atom stereocenters. The summed E-state index contributed by atoms with van der Waals surface area (Å²) in [7, 11) is 0. The average Bonchev–Trinajstić information content (AvgIpc) is 2.45. The van der Waals surface area contributed by atoms with Gasteiger partial charge in [-0.25, -0.2) is 0 Å². The SMILES string of the molecule is ClC1=CP(Cl)(Cl)(c2ccccc2)CC1. The van der Waals surface area contributed by atoms with Crippen LogP contribution in [-0.4, -0.2) is 6.16 Å². The third kappa shape index (κ3) is 1.82. The van der Waals surface area contributed by atoms with Gasteiger partial charge < -0.3 is 0 Å². The molecule has 4 heteroatoms. The van der Waals surface area contributed by atoms with Gasteiger partial charge in [-0.05, 0) is 0 Å². The van der Waals surface area contributed by atoms with E-state index in [1.807, 2.05) is 36.1 Å². The number of hydrogen-bond donors (Lipinski definition) is 0. The number of allylic oxidation sites excluding steroid dienone is 1. The summed E-state index contributed by atoms with van der Waals surface area (Å²) in [4.78, 5) is 0. The van der Waals surface area contributed by atoms with Crippen molar-refractivity contribution >= 4 is 44.7 Å². The summed E-state index contributed by atoms with van der Waals surface area (Å²) in [5.41, 5.74) is 0. The van der Waals surface area contributed by atoms with Crippen molar-refractivity contribution in [2.75, 3.05) is 6.16 Å². The number of rotatable bonds is 1. The molecule has 0 aromatic heterocycles. The Balaban J connectivity index is 2.52. The molecule has 0 amide bonds. The summed E-state index contributed by atoms with van der Waals surface area (Å²) in [6.07, 6.45) is 1.55. The van der Waals surface area contributed by atoms with Crippen LogP contribution in [0.4, 0.5) is 0 Å². The van der Waals surface area contributed by atoms with Crippen molar-refractivity contribution in [1.82, 2.24) is 0 Å². The molecule has 0 saturated carbocycles. The van der Waals surface area contributed by atoms with Gasteiger partial charge >= 0.3 is 98.5 Å². The molecule has 0 saturated heterocycles. The molecule has 0 aliphatic carbocycles. The Morgan fingerprint density at radius 2 is 1.71 bits per heavy atom. The Morgan fingerprint density at radius 3 is 2.21 bits per heavy atom. The first-order chi connectivity index (χ1) is 6.50. The second-order valence-corrected chi connectivity index (χ2v) is 12.7. The molecule has 14 heavy (non-hydrogen) atoms. The van der Waals surface area contributed by atoms with Crippen LogP contribution in [0, 0.1) is 0 Å². The van der Waals surface area contributed by atoms with Crippen molar-refractivity contribution in [2.24, 2.45) is 0 Å². The van der Waals surface area contributed by atoms with Crippen molar-refractivity contribution in [3.8, 4) is 0 Å². The van der Waals surface area contributed by atoms with Crippen LogP contribution in [0.5, 0.6) is 0 Å². The van der Waals surface area contributed by atoms with Gasteiger partial charge in [-0.3, -0.25) is 0 Å². The molecule has 1 aliphatic rings. The normalized spacial score (nSPS) is 26.2. The van der Waals surface area contributed by atoms with Gasteiger partial charge in [-0.1, -0.05) is 0 Å². The van der Waals surface area contributed by atoms with Crippen LogP contribution >= 0.6 is 39.4 Å². The molecule has 0 nitrogen and oxygen atoms in total. The van der Waals surface area contributed by atoms with Crippen LogP contribution < -0.4 is 5.30 Å². The van der Waals surface area contributed by atoms with Crippen LogP contribution in [0.2, 0.25) is 0 Å². The van der Waals surface area contributed by atoms with Gasteiger partial charge in [0.05, 0.1) is 0 Å². The maximum absolute atomic E-state index is 6.58. The Kier molecular flexibility index (Phi) is 2.60. The number of halogens is 3. The second-order valence-electron chi connectivity index (χ2n) is 3.52. The molecule has 0 spiro atoms. The fourth-order valence-electron chi connectivity index (χ4n) is 1.65. The zero-order valence-corrected chi connectivity index (χ0v) is 10.6. The third-order valence-electron chi connectivity index (χ3n) is 2.44. The molecule has 0 fully saturated rings. The average molecular weight is 268 g/mol. The van der Waals surface area contributed by atoms with E-state index in [1.54, 1.807) is 0 Å². The Bertz CT molecular complexity index is 384. The van der Waals surface area contributed by atoms with E-state index in [0.29, 0.717) is 0 Å². The fraction of sp³-hybridized carbons (Fsp3) is 0.200. The molecular weight excluding hydrogens is 257 g/mol. The first kappa shape index (κ1) is 10.8. The van der Waals surface area contributed by atoms with Gasteiger partial charge in [-0.2, -0.15) is 0 Å². The standard InChI is InChI=1S/C10H10Cl3P/c11-9-6-7-14(12,13,8-9)10-4-2-1-3-5-10/h1-5,8H,6-7H2. The quantitative estimate of drug-likeness (QED) is 0.649. The zero-order valence-electron chi connectivity index (χ0n) is 7.46. The summed E-state index contributed by atoms with van der Waals surface area (Å²) >= 11 is 19.1. The van der Waals surface area contributed by atoms with Crippen LogP contribution in [0.25, 0.3) is 0 Å². The Hall–Kier alpha value is 0.260. The number of hydrogen-bond acceptors (Lipinski definition) is 0. The second kappa shape index (κ2) is 3.39. The van der Waals surface area contributed by atoms with Gasteiger partial charge in [-0.15, -0.1) is 0 Å². The molecule has 2 rings (SSSR count). The van der Waals surface area contributed by atoms with Crippen LogP contribution in [0.3, 0.4) is 0 Å². The molecule has 76 valence electrons. The molecule has 0 N–H and O–H groups in total. The van der Waals surface area contributed by atoms with E-state index in [-0.39, 0.29) is 0 Å². The number of benzene rings is 1. The van der Waals surface area contributed by atoms with E-state index in [1.165, 1.54) is 0 Å². The molecular formula is C10H10Cl3P. The fourth-order valence-corrected chi connectivity index (χ4v) is 7.36. The van der Waals surface area contributed by atoms with E-state index in [9.17, 15) is 0 Å². The van der Waals surface area contributed by atoms with E-state index >= 15 is 0 Å². The predicted molar refractivity (Wildman–Crippen MR) is 68.1 cm³/mol. The van der Waals surface area contributed by atoms with Crippen molar-refractivity contribution in [3.63, 3.8) is 0 Å². The molecule has 0 bridgehead atoms. The summed E-state index contributed by atoms with van der Waals surface area (Å²) in [6.45, 7) is 0. The maximum atomic E-state index is 6.58. The Labute approximate surface area is 98.4 Å². The minimum atomic E-state index is -2.85. The zero-order chi connectivity index (χ0) is 10.3. The predicted octanol–water partition coefficient (Wildman–Crippen LogP) is 4.66. The molecule has 1 aliphatic heterocycles. The van der Waals surface area contributed by atoms with Crippen LogP contribution in [0.15, 0.2) is 41.2 Å². The first-order valence-electron chi connectivity index (χ1n) is 4.38. The molecule has 0 radical (unpaired) electrons. The van der Waals surface area contributed by atoms with Crippen LogP contribution in [0.1, 0.15) is 6.42 Å². The summed E-state index contributed by atoms with van der Waals surface area (Å²) in [5.74, 6) is 1.87. The van der Waals surface area contributed by atoms with E-state index in [4.69, 9.17) is 34.1 Å². The molecule has 1 aromatic rings. The summed E-state index contributed by atoms with van der Waals surface area (Å²) in [5, 5.41) is -1.05. The van der Waals surface area contributed by atoms with Gasteiger partial charge in [0, 0.05) is 0 Å². The van der Waals surface area contributed by atoms with Crippen molar-refractivity contribution in [1.29, 1.82) is 0 Å². The first-order valence-corrected chi connectivity index (χ1v) is 9.06. The summed E-state index contributed by atoms with van der Waals surface area (Å²) in [6, 6.07) is 9.81. The van der Waals surface area contributed by atoms with Gasteiger partial charge in [0.25, 0.3) is 0 Å². The minimum absolute atomic E-state index is 0.761. The molecule has 1 heterocycles. The summed E-state index contributed by atoms with van der Waals surface area (Å²) < 4.78 is 0. The van der Waals surface area contributed by atoms with Gasteiger partial charge in [0.15, 0.2) is 0 Å². The van der Waals surface area contributed by atoms with Gasteiger partial charge in [0.1, 0.15) is 0 Å².